The standard InChI is InChI=1S/C23H24N4O2S/c1-17(15-24-11-8-18-10-13-26-23-5-3-2-4-22(18)23)27-30(28,29)21-7-6-20-16-25-12-9-19(20)14-21/h2-7,9-10,12-14,16-17,24,27H,8,11,15H2,1H3/t17-/m1/s1. The average molecular weight is 421 g/mol. The second-order valence-corrected chi connectivity index (χ2v) is 9.06. The Hall–Kier alpha value is -2.87. The lowest BCUT2D eigenvalue weighted by atomic mass is 10.1. The van der Waals surface area contributed by atoms with Gasteiger partial charge in [-0.05, 0) is 61.2 Å². The normalized spacial score (nSPS) is 13.0. The van der Waals surface area contributed by atoms with Gasteiger partial charge in [-0.2, -0.15) is 0 Å². The molecule has 2 aromatic carbocycles. The molecule has 0 unspecified atom stereocenters. The number of benzene rings is 2. The molecule has 2 aromatic heterocycles. The highest BCUT2D eigenvalue weighted by Crippen LogP contribution is 2.18. The van der Waals surface area contributed by atoms with Gasteiger partial charge in [0, 0.05) is 41.9 Å². The number of hydrogen-bond acceptors (Lipinski definition) is 5. The van der Waals surface area contributed by atoms with Crippen molar-refractivity contribution in [1.29, 1.82) is 0 Å². The molecule has 2 N–H and O–H groups in total. The Morgan fingerprint density at radius 3 is 2.77 bits per heavy atom. The lowest BCUT2D eigenvalue weighted by Crippen LogP contribution is -2.40. The minimum Gasteiger partial charge on any atom is -0.315 e. The lowest BCUT2D eigenvalue weighted by molar-refractivity contribution is 0.537. The Kier molecular flexibility index (Phi) is 6.03. The van der Waals surface area contributed by atoms with Crippen molar-refractivity contribution < 1.29 is 8.42 Å². The smallest absolute Gasteiger partial charge is 0.240 e. The Balaban J connectivity index is 1.33. The fraction of sp³-hybridized carbons (Fsp3) is 0.217. The summed E-state index contributed by atoms with van der Waals surface area (Å²) in [6, 6.07) is 16.7. The summed E-state index contributed by atoms with van der Waals surface area (Å²) in [5.74, 6) is 0. The van der Waals surface area contributed by atoms with Crippen LogP contribution >= 0.6 is 0 Å². The van der Waals surface area contributed by atoms with Gasteiger partial charge >= 0.3 is 0 Å². The van der Waals surface area contributed by atoms with E-state index in [0.29, 0.717) is 6.54 Å². The molecular weight excluding hydrogens is 396 g/mol. The molecule has 0 aliphatic carbocycles. The number of hydrogen-bond donors (Lipinski definition) is 2. The minimum absolute atomic E-state index is 0.239. The Labute approximate surface area is 176 Å². The zero-order chi connectivity index (χ0) is 21.0. The number of para-hydroxylation sites is 1. The monoisotopic (exact) mass is 420 g/mol. The van der Waals surface area contributed by atoms with Crippen LogP contribution < -0.4 is 10.0 Å². The maximum absolute atomic E-state index is 12.7. The van der Waals surface area contributed by atoms with E-state index < -0.39 is 10.0 Å². The molecule has 6 nitrogen and oxygen atoms in total. The fourth-order valence-corrected chi connectivity index (χ4v) is 4.80. The molecule has 0 aliphatic heterocycles. The first kappa shape index (κ1) is 20.4. The van der Waals surface area contributed by atoms with Crippen molar-refractivity contribution in [3.05, 3.63) is 78.8 Å². The number of aromatic nitrogens is 2. The second kappa shape index (κ2) is 8.87. The zero-order valence-electron chi connectivity index (χ0n) is 16.7. The predicted molar refractivity (Wildman–Crippen MR) is 120 cm³/mol. The van der Waals surface area contributed by atoms with Gasteiger partial charge in [-0.3, -0.25) is 9.97 Å². The second-order valence-electron chi connectivity index (χ2n) is 7.35. The van der Waals surface area contributed by atoms with E-state index in [1.807, 2.05) is 43.5 Å². The van der Waals surface area contributed by atoms with Crippen molar-refractivity contribution in [1.82, 2.24) is 20.0 Å². The molecule has 0 saturated carbocycles. The molecule has 7 heteroatoms. The van der Waals surface area contributed by atoms with Crippen LogP contribution in [0.4, 0.5) is 0 Å². The lowest BCUT2D eigenvalue weighted by Gasteiger charge is -2.16. The summed E-state index contributed by atoms with van der Waals surface area (Å²) in [4.78, 5) is 8.70. The van der Waals surface area contributed by atoms with Crippen LogP contribution in [0.3, 0.4) is 0 Å². The molecular formula is C23H24N4O2S. The highest BCUT2D eigenvalue weighted by Gasteiger charge is 2.17. The summed E-state index contributed by atoms with van der Waals surface area (Å²) in [6.45, 7) is 3.15. The van der Waals surface area contributed by atoms with Crippen molar-refractivity contribution in [3.63, 3.8) is 0 Å². The number of sulfonamides is 1. The van der Waals surface area contributed by atoms with E-state index in [0.717, 1.165) is 34.6 Å². The summed E-state index contributed by atoms with van der Waals surface area (Å²) in [5, 5.41) is 6.26. The third-order valence-electron chi connectivity index (χ3n) is 5.04. The van der Waals surface area contributed by atoms with Crippen LogP contribution in [0.2, 0.25) is 0 Å². The van der Waals surface area contributed by atoms with Crippen LogP contribution in [0.1, 0.15) is 12.5 Å². The van der Waals surface area contributed by atoms with E-state index >= 15 is 0 Å². The third-order valence-corrected chi connectivity index (χ3v) is 6.63. The molecule has 0 saturated heterocycles. The van der Waals surface area contributed by atoms with Crippen LogP contribution in [0.15, 0.2) is 78.1 Å². The maximum atomic E-state index is 12.7. The highest BCUT2D eigenvalue weighted by molar-refractivity contribution is 7.89. The SMILES string of the molecule is C[C@H](CNCCc1ccnc2ccccc12)NS(=O)(=O)c1ccc2cnccc2c1. The number of nitrogens with zero attached hydrogens (tertiary/aromatic N) is 2. The van der Waals surface area contributed by atoms with E-state index in [2.05, 4.69) is 26.1 Å². The van der Waals surface area contributed by atoms with Crippen LogP contribution in [0.25, 0.3) is 21.7 Å². The first-order valence-electron chi connectivity index (χ1n) is 9.92. The Bertz CT molecular complexity index is 1270. The van der Waals surface area contributed by atoms with E-state index in [9.17, 15) is 8.42 Å². The maximum Gasteiger partial charge on any atom is 0.240 e. The first-order valence-corrected chi connectivity index (χ1v) is 11.4. The number of fused-ring (bicyclic) bond motifs is 2. The van der Waals surface area contributed by atoms with Crippen LogP contribution in [0, 0.1) is 0 Å². The van der Waals surface area contributed by atoms with Crippen molar-refractivity contribution in [2.45, 2.75) is 24.3 Å². The summed E-state index contributed by atoms with van der Waals surface area (Å²) in [5.41, 5.74) is 2.22. The Morgan fingerprint density at radius 2 is 1.87 bits per heavy atom. The van der Waals surface area contributed by atoms with Gasteiger partial charge in [0.25, 0.3) is 0 Å². The number of rotatable bonds is 8. The van der Waals surface area contributed by atoms with Gasteiger partial charge in [0.15, 0.2) is 0 Å². The van der Waals surface area contributed by atoms with Gasteiger partial charge in [-0.1, -0.05) is 24.3 Å². The summed E-state index contributed by atoms with van der Waals surface area (Å²) in [7, 11) is -3.59. The molecule has 30 heavy (non-hydrogen) atoms. The van der Waals surface area contributed by atoms with Gasteiger partial charge in [-0.15, -0.1) is 0 Å². The van der Waals surface area contributed by atoms with Gasteiger partial charge < -0.3 is 5.32 Å². The molecule has 4 aromatic rings. The van der Waals surface area contributed by atoms with Gasteiger partial charge in [0.2, 0.25) is 10.0 Å². The number of nitrogens with one attached hydrogen (secondary N) is 2. The van der Waals surface area contributed by atoms with E-state index in [4.69, 9.17) is 0 Å². The largest absolute Gasteiger partial charge is 0.315 e. The van der Waals surface area contributed by atoms with Crippen LogP contribution in [-0.4, -0.2) is 37.5 Å². The molecule has 0 fully saturated rings. The molecule has 0 bridgehead atoms. The molecule has 0 spiro atoms. The topological polar surface area (TPSA) is 84.0 Å². The molecule has 0 radical (unpaired) electrons. The third kappa shape index (κ3) is 4.64. The summed E-state index contributed by atoms with van der Waals surface area (Å²) >= 11 is 0. The van der Waals surface area contributed by atoms with E-state index in [1.54, 1.807) is 30.6 Å². The molecule has 4 rings (SSSR count). The van der Waals surface area contributed by atoms with Crippen molar-refractivity contribution >= 4 is 31.7 Å². The summed E-state index contributed by atoms with van der Waals surface area (Å²) < 4.78 is 28.2. The van der Waals surface area contributed by atoms with Gasteiger partial charge in [-0.25, -0.2) is 13.1 Å². The van der Waals surface area contributed by atoms with E-state index in [-0.39, 0.29) is 10.9 Å². The van der Waals surface area contributed by atoms with E-state index in [1.165, 1.54) is 5.56 Å². The number of pyridine rings is 2. The fourth-order valence-electron chi connectivity index (χ4n) is 3.52. The van der Waals surface area contributed by atoms with Crippen LogP contribution in [-0.2, 0) is 16.4 Å². The zero-order valence-corrected chi connectivity index (χ0v) is 17.6. The molecule has 0 amide bonds. The highest BCUT2D eigenvalue weighted by atomic mass is 32.2. The van der Waals surface area contributed by atoms with Crippen molar-refractivity contribution in [3.8, 4) is 0 Å². The minimum atomic E-state index is -3.59. The molecule has 1 atom stereocenters. The molecule has 2 heterocycles. The average Bonchev–Trinajstić information content (AvgIpc) is 2.76. The molecule has 0 aliphatic rings. The molecule has 154 valence electrons. The van der Waals surface area contributed by atoms with Crippen molar-refractivity contribution in [2.24, 2.45) is 0 Å². The van der Waals surface area contributed by atoms with Crippen LogP contribution in [0.5, 0.6) is 0 Å². The quantitative estimate of drug-likeness (QED) is 0.428. The van der Waals surface area contributed by atoms with Gasteiger partial charge in [0.05, 0.1) is 10.4 Å². The van der Waals surface area contributed by atoms with Gasteiger partial charge in [0.1, 0.15) is 0 Å². The summed E-state index contributed by atoms with van der Waals surface area (Å²) in [6.07, 6.45) is 6.05. The first-order chi connectivity index (χ1) is 14.5. The predicted octanol–water partition coefficient (Wildman–Crippen LogP) is 3.28. The Morgan fingerprint density at radius 1 is 1.00 bits per heavy atom. The van der Waals surface area contributed by atoms with Crippen molar-refractivity contribution in [2.75, 3.05) is 13.1 Å².